The zero-order valence-electron chi connectivity index (χ0n) is 10.2. The summed E-state index contributed by atoms with van der Waals surface area (Å²) in [5, 5.41) is 0. The van der Waals surface area contributed by atoms with Crippen LogP contribution in [0.3, 0.4) is 0 Å². The average molecular weight is 267 g/mol. The number of hydrogen-bond donors (Lipinski definition) is 0. The van der Waals surface area contributed by atoms with Gasteiger partial charge in [-0.05, 0) is 24.1 Å². The van der Waals surface area contributed by atoms with E-state index in [1.807, 2.05) is 19.1 Å². The molecule has 0 atom stereocenters. The first-order valence-corrected chi connectivity index (χ1v) is 5.70. The summed E-state index contributed by atoms with van der Waals surface area (Å²) in [7, 11) is 0. The maximum absolute atomic E-state index is 12.6. The van der Waals surface area contributed by atoms with Gasteiger partial charge in [-0.25, -0.2) is 0 Å². The molecule has 5 heteroatoms. The lowest BCUT2D eigenvalue weighted by atomic mass is 10.1. The van der Waals surface area contributed by atoms with Gasteiger partial charge >= 0.3 is 6.18 Å². The van der Waals surface area contributed by atoms with Crippen LogP contribution in [0.15, 0.2) is 47.4 Å². The summed E-state index contributed by atoms with van der Waals surface area (Å²) < 4.78 is 38.9. The second kappa shape index (κ2) is 4.91. The van der Waals surface area contributed by atoms with Crippen LogP contribution in [-0.2, 0) is 12.7 Å². The maximum Gasteiger partial charge on any atom is 0.417 e. The monoisotopic (exact) mass is 267 g/mol. The van der Waals surface area contributed by atoms with Crippen molar-refractivity contribution in [2.45, 2.75) is 19.6 Å². The van der Waals surface area contributed by atoms with Crippen molar-refractivity contribution < 1.29 is 13.2 Å². The third-order valence-electron chi connectivity index (χ3n) is 2.91. The smallest absolute Gasteiger partial charge is 0.310 e. The topological polar surface area (TPSA) is 22.0 Å². The van der Waals surface area contributed by atoms with Gasteiger partial charge in [0.15, 0.2) is 0 Å². The number of halogens is 3. The highest BCUT2D eigenvalue weighted by molar-refractivity contribution is 5.26. The fourth-order valence-corrected chi connectivity index (χ4v) is 1.79. The van der Waals surface area contributed by atoms with Gasteiger partial charge < -0.3 is 4.57 Å². The minimum Gasteiger partial charge on any atom is -0.310 e. The molecule has 0 N–H and O–H groups in total. The van der Waals surface area contributed by atoms with E-state index < -0.39 is 17.3 Å². The van der Waals surface area contributed by atoms with Gasteiger partial charge in [0.05, 0.1) is 12.1 Å². The molecule has 19 heavy (non-hydrogen) atoms. The highest BCUT2D eigenvalue weighted by Crippen LogP contribution is 2.28. The van der Waals surface area contributed by atoms with Crippen LogP contribution < -0.4 is 5.56 Å². The van der Waals surface area contributed by atoms with Crippen LogP contribution in [0, 0.1) is 6.92 Å². The van der Waals surface area contributed by atoms with Gasteiger partial charge in [0.1, 0.15) is 0 Å². The van der Waals surface area contributed by atoms with Gasteiger partial charge in [-0.1, -0.05) is 24.3 Å². The zero-order chi connectivity index (χ0) is 14.0. The third kappa shape index (κ3) is 3.05. The molecule has 0 aliphatic carbocycles. The van der Waals surface area contributed by atoms with Crippen molar-refractivity contribution in [1.29, 1.82) is 0 Å². The second-order valence-corrected chi connectivity index (χ2v) is 4.31. The minimum atomic E-state index is -4.44. The standard InChI is InChI=1S/C14H12F3NO/c1-10-4-2-3-5-11(10)8-18-9-12(14(15,16)17)6-7-13(18)19/h2-7,9H,8H2,1H3. The van der Waals surface area contributed by atoms with Crippen LogP contribution in [0.2, 0.25) is 0 Å². The second-order valence-electron chi connectivity index (χ2n) is 4.31. The van der Waals surface area contributed by atoms with Crippen LogP contribution >= 0.6 is 0 Å². The van der Waals surface area contributed by atoms with Gasteiger partial charge in [-0.2, -0.15) is 13.2 Å². The Morgan fingerprint density at radius 3 is 2.42 bits per heavy atom. The van der Waals surface area contributed by atoms with Gasteiger partial charge in [0.25, 0.3) is 5.56 Å². The Balaban J connectivity index is 2.41. The number of aromatic nitrogens is 1. The van der Waals surface area contributed by atoms with Crippen molar-refractivity contribution in [3.63, 3.8) is 0 Å². The summed E-state index contributed by atoms with van der Waals surface area (Å²) >= 11 is 0. The van der Waals surface area contributed by atoms with Crippen molar-refractivity contribution in [2.24, 2.45) is 0 Å². The summed E-state index contributed by atoms with van der Waals surface area (Å²) in [6, 6.07) is 9.03. The van der Waals surface area contributed by atoms with E-state index in [0.717, 1.165) is 34.0 Å². The Kier molecular flexibility index (Phi) is 3.46. The molecule has 2 aromatic rings. The van der Waals surface area contributed by atoms with E-state index in [9.17, 15) is 18.0 Å². The lowest BCUT2D eigenvalue weighted by Crippen LogP contribution is -2.22. The lowest BCUT2D eigenvalue weighted by molar-refractivity contribution is -0.138. The number of hydrogen-bond acceptors (Lipinski definition) is 1. The first-order chi connectivity index (χ1) is 8.88. The molecule has 2 nitrogen and oxygen atoms in total. The van der Waals surface area contributed by atoms with Gasteiger partial charge in [0, 0.05) is 12.3 Å². The van der Waals surface area contributed by atoms with Crippen molar-refractivity contribution in [1.82, 2.24) is 4.57 Å². The molecule has 0 aliphatic heterocycles. The Morgan fingerprint density at radius 1 is 1.11 bits per heavy atom. The van der Waals surface area contributed by atoms with Crippen LogP contribution in [0.25, 0.3) is 0 Å². The highest BCUT2D eigenvalue weighted by atomic mass is 19.4. The molecule has 1 aromatic heterocycles. The minimum absolute atomic E-state index is 0.134. The normalized spacial score (nSPS) is 11.6. The van der Waals surface area contributed by atoms with E-state index in [4.69, 9.17) is 0 Å². The predicted molar refractivity (Wildman–Crippen MR) is 66.0 cm³/mol. The molecule has 0 fully saturated rings. The largest absolute Gasteiger partial charge is 0.417 e. The van der Waals surface area contributed by atoms with Gasteiger partial charge in [-0.3, -0.25) is 4.79 Å². The van der Waals surface area contributed by atoms with Gasteiger partial charge in [-0.15, -0.1) is 0 Å². The fraction of sp³-hybridized carbons (Fsp3) is 0.214. The number of pyridine rings is 1. The van der Waals surface area contributed by atoms with Crippen molar-refractivity contribution >= 4 is 0 Å². The fourth-order valence-electron chi connectivity index (χ4n) is 1.79. The number of benzene rings is 1. The van der Waals surface area contributed by atoms with Crippen LogP contribution in [-0.4, -0.2) is 4.57 Å². The Morgan fingerprint density at radius 2 is 1.79 bits per heavy atom. The third-order valence-corrected chi connectivity index (χ3v) is 2.91. The first-order valence-electron chi connectivity index (χ1n) is 5.70. The molecule has 1 heterocycles. The quantitative estimate of drug-likeness (QED) is 0.818. The summed E-state index contributed by atoms with van der Waals surface area (Å²) in [4.78, 5) is 11.6. The SMILES string of the molecule is Cc1ccccc1Cn1cc(C(F)(F)F)ccc1=O. The predicted octanol–water partition coefficient (Wildman–Crippen LogP) is 3.22. The first kappa shape index (κ1) is 13.4. The van der Waals surface area contributed by atoms with E-state index in [0.29, 0.717) is 0 Å². The summed E-state index contributed by atoms with van der Waals surface area (Å²) in [5.41, 5.74) is 0.493. The molecule has 0 unspecified atom stereocenters. The van der Waals surface area contributed by atoms with E-state index >= 15 is 0 Å². The number of alkyl halides is 3. The van der Waals surface area contributed by atoms with Crippen LogP contribution in [0.5, 0.6) is 0 Å². The average Bonchev–Trinajstić information content (AvgIpc) is 2.33. The molecular formula is C14H12F3NO. The molecule has 1 aromatic carbocycles. The Hall–Kier alpha value is -2.04. The highest BCUT2D eigenvalue weighted by Gasteiger charge is 2.31. The summed E-state index contributed by atoms with van der Waals surface area (Å²) in [6.45, 7) is 1.99. The zero-order valence-corrected chi connectivity index (χ0v) is 10.2. The molecule has 0 amide bonds. The lowest BCUT2D eigenvalue weighted by Gasteiger charge is -2.12. The molecule has 0 aliphatic rings. The molecule has 0 saturated carbocycles. The maximum atomic E-state index is 12.6. The number of aryl methyl sites for hydroxylation is 1. The van der Waals surface area contributed by atoms with Gasteiger partial charge in [0.2, 0.25) is 0 Å². The Labute approximate surface area is 108 Å². The number of nitrogens with zero attached hydrogens (tertiary/aromatic N) is 1. The van der Waals surface area contributed by atoms with Crippen LogP contribution in [0.4, 0.5) is 13.2 Å². The summed E-state index contributed by atoms with van der Waals surface area (Å²) in [6.07, 6.45) is -3.59. The molecule has 0 saturated heterocycles. The molecule has 0 bridgehead atoms. The van der Waals surface area contributed by atoms with E-state index in [1.165, 1.54) is 0 Å². The van der Waals surface area contributed by atoms with Crippen LogP contribution in [0.1, 0.15) is 16.7 Å². The molecule has 2 rings (SSSR count). The summed E-state index contributed by atoms with van der Waals surface area (Å²) in [5.74, 6) is 0. The van der Waals surface area contributed by atoms with Crippen molar-refractivity contribution in [3.8, 4) is 0 Å². The molecule has 100 valence electrons. The van der Waals surface area contributed by atoms with E-state index in [-0.39, 0.29) is 6.54 Å². The van der Waals surface area contributed by atoms with Crippen molar-refractivity contribution in [2.75, 3.05) is 0 Å². The van der Waals surface area contributed by atoms with E-state index in [1.54, 1.807) is 12.1 Å². The number of rotatable bonds is 2. The Bertz CT molecular complexity index is 644. The molecule has 0 radical (unpaired) electrons. The molecular weight excluding hydrogens is 255 g/mol. The van der Waals surface area contributed by atoms with Crippen molar-refractivity contribution in [3.05, 3.63) is 69.6 Å². The molecule has 0 spiro atoms. The van der Waals surface area contributed by atoms with E-state index in [2.05, 4.69) is 0 Å².